The van der Waals surface area contributed by atoms with Gasteiger partial charge in [0.15, 0.2) is 10.7 Å². The number of benzene rings is 4. The maximum absolute atomic E-state index is 13.1. The second kappa shape index (κ2) is 10.3. The van der Waals surface area contributed by atoms with Crippen molar-refractivity contribution < 1.29 is 13.9 Å². The summed E-state index contributed by atoms with van der Waals surface area (Å²) in [6.07, 6.45) is 0. The summed E-state index contributed by atoms with van der Waals surface area (Å²) in [6, 6.07) is 22.9. The standard InChI is InChI=1S/C29H24BrN3O3S/c1-16(2)17-10-13-26-24(14-17)31-28(36-26)18-11-12-25(35-3)23(15-18)32-29(37)33-27(34)21-8-4-7-20-19(21)6-5-9-22(20)30/h4-16H,1-3H3,(H2,32,33,34,37). The molecule has 0 unspecified atom stereocenters. The van der Waals surface area contributed by atoms with Crippen molar-refractivity contribution >= 4 is 66.7 Å². The number of carbonyl (C=O) groups is 1. The Morgan fingerprint density at radius 2 is 1.81 bits per heavy atom. The Hall–Kier alpha value is -3.75. The van der Waals surface area contributed by atoms with Gasteiger partial charge in [-0.05, 0) is 76.9 Å². The van der Waals surface area contributed by atoms with Crippen LogP contribution in [0.1, 0.15) is 35.7 Å². The maximum atomic E-state index is 13.1. The highest BCUT2D eigenvalue weighted by atomic mass is 79.9. The number of oxazole rings is 1. The van der Waals surface area contributed by atoms with E-state index in [1.807, 2.05) is 54.6 Å². The van der Waals surface area contributed by atoms with Crippen molar-refractivity contribution in [2.45, 2.75) is 19.8 Å². The summed E-state index contributed by atoms with van der Waals surface area (Å²) in [6.45, 7) is 4.29. The van der Waals surface area contributed by atoms with Crippen LogP contribution in [0.25, 0.3) is 33.3 Å². The molecule has 0 saturated heterocycles. The van der Waals surface area contributed by atoms with Crippen LogP contribution in [-0.4, -0.2) is 23.1 Å². The topological polar surface area (TPSA) is 76.4 Å². The van der Waals surface area contributed by atoms with E-state index in [1.54, 1.807) is 19.2 Å². The monoisotopic (exact) mass is 573 g/mol. The first kappa shape index (κ1) is 24.9. The molecule has 2 N–H and O–H groups in total. The second-order valence-electron chi connectivity index (χ2n) is 8.86. The average Bonchev–Trinajstić information content (AvgIpc) is 3.32. The number of hydrogen-bond donors (Lipinski definition) is 2. The van der Waals surface area contributed by atoms with Gasteiger partial charge in [0, 0.05) is 15.6 Å². The third-order valence-corrected chi connectivity index (χ3v) is 7.01. The minimum atomic E-state index is -0.309. The van der Waals surface area contributed by atoms with Gasteiger partial charge < -0.3 is 14.5 Å². The Labute approximate surface area is 228 Å². The number of aromatic nitrogens is 1. The number of nitrogens with zero attached hydrogens (tertiary/aromatic N) is 1. The molecular weight excluding hydrogens is 550 g/mol. The van der Waals surface area contributed by atoms with Gasteiger partial charge in [0.1, 0.15) is 11.3 Å². The van der Waals surface area contributed by atoms with E-state index in [2.05, 4.69) is 51.5 Å². The second-order valence-corrected chi connectivity index (χ2v) is 10.1. The van der Waals surface area contributed by atoms with Crippen LogP contribution >= 0.6 is 28.1 Å². The predicted octanol–water partition coefficient (Wildman–Crippen LogP) is 7.67. The number of halogens is 1. The number of nitrogens with one attached hydrogen (secondary N) is 2. The number of thiocarbonyl (C=S) groups is 1. The molecule has 0 aliphatic rings. The number of amides is 1. The molecule has 37 heavy (non-hydrogen) atoms. The Morgan fingerprint density at radius 1 is 1.03 bits per heavy atom. The Balaban J connectivity index is 1.39. The lowest BCUT2D eigenvalue weighted by molar-refractivity contribution is 0.0979. The van der Waals surface area contributed by atoms with Crippen LogP contribution in [-0.2, 0) is 0 Å². The van der Waals surface area contributed by atoms with Gasteiger partial charge in [-0.15, -0.1) is 0 Å². The summed E-state index contributed by atoms with van der Waals surface area (Å²) in [5, 5.41) is 7.78. The van der Waals surface area contributed by atoms with Gasteiger partial charge in [-0.3, -0.25) is 10.1 Å². The fourth-order valence-corrected chi connectivity index (χ4v) is 4.86. The van der Waals surface area contributed by atoms with Crippen LogP contribution < -0.4 is 15.4 Å². The fourth-order valence-electron chi connectivity index (χ4n) is 4.16. The molecule has 0 radical (unpaired) electrons. The van der Waals surface area contributed by atoms with Gasteiger partial charge in [-0.2, -0.15) is 0 Å². The molecule has 1 amide bonds. The van der Waals surface area contributed by atoms with E-state index in [9.17, 15) is 4.79 Å². The summed E-state index contributed by atoms with van der Waals surface area (Å²) >= 11 is 9.01. The Kier molecular flexibility index (Phi) is 6.95. The zero-order valence-electron chi connectivity index (χ0n) is 20.5. The Morgan fingerprint density at radius 3 is 2.59 bits per heavy atom. The lowest BCUT2D eigenvalue weighted by atomic mass is 10.0. The summed E-state index contributed by atoms with van der Waals surface area (Å²) < 4.78 is 12.4. The van der Waals surface area contributed by atoms with Crippen LogP contribution in [0, 0.1) is 0 Å². The van der Waals surface area contributed by atoms with Crippen molar-refractivity contribution in [1.82, 2.24) is 10.3 Å². The van der Waals surface area contributed by atoms with Crippen molar-refractivity contribution in [1.29, 1.82) is 0 Å². The zero-order chi connectivity index (χ0) is 26.1. The third-order valence-electron chi connectivity index (χ3n) is 6.11. The van der Waals surface area contributed by atoms with Crippen LogP contribution in [0.15, 0.2) is 81.7 Å². The van der Waals surface area contributed by atoms with Crippen molar-refractivity contribution in [3.63, 3.8) is 0 Å². The number of carbonyl (C=O) groups excluding carboxylic acids is 1. The maximum Gasteiger partial charge on any atom is 0.258 e. The zero-order valence-corrected chi connectivity index (χ0v) is 22.9. The van der Waals surface area contributed by atoms with E-state index in [0.717, 1.165) is 26.3 Å². The van der Waals surface area contributed by atoms with E-state index < -0.39 is 0 Å². The summed E-state index contributed by atoms with van der Waals surface area (Å²) in [5.74, 6) is 1.13. The lowest BCUT2D eigenvalue weighted by Crippen LogP contribution is -2.34. The van der Waals surface area contributed by atoms with Crippen LogP contribution in [0.3, 0.4) is 0 Å². The van der Waals surface area contributed by atoms with Crippen molar-refractivity contribution in [3.8, 4) is 17.2 Å². The van der Waals surface area contributed by atoms with Gasteiger partial charge in [0.2, 0.25) is 5.89 Å². The van der Waals surface area contributed by atoms with Crippen LogP contribution in [0.4, 0.5) is 5.69 Å². The molecule has 0 spiro atoms. The van der Waals surface area contributed by atoms with Crippen molar-refractivity contribution in [2.75, 3.05) is 12.4 Å². The number of ether oxygens (including phenoxy) is 1. The molecule has 186 valence electrons. The minimum Gasteiger partial charge on any atom is -0.495 e. The van der Waals surface area contributed by atoms with Crippen LogP contribution in [0.5, 0.6) is 5.75 Å². The molecule has 0 atom stereocenters. The molecule has 0 saturated carbocycles. The van der Waals surface area contributed by atoms with E-state index in [-0.39, 0.29) is 11.0 Å². The number of anilines is 1. The predicted molar refractivity (Wildman–Crippen MR) is 155 cm³/mol. The fraction of sp³-hybridized carbons (Fsp3) is 0.138. The third kappa shape index (κ3) is 5.08. The van der Waals surface area contributed by atoms with E-state index in [0.29, 0.717) is 34.4 Å². The lowest BCUT2D eigenvalue weighted by Gasteiger charge is -2.14. The highest BCUT2D eigenvalue weighted by Crippen LogP contribution is 2.33. The molecule has 1 heterocycles. The van der Waals surface area contributed by atoms with Gasteiger partial charge in [-0.1, -0.05) is 60.1 Å². The number of methoxy groups -OCH3 is 1. The summed E-state index contributed by atoms with van der Waals surface area (Å²) in [5.41, 5.74) is 4.57. The SMILES string of the molecule is COc1ccc(-c2nc3cc(C(C)C)ccc3o2)cc1NC(=S)NC(=O)c1cccc2c(Br)cccc12. The first-order chi connectivity index (χ1) is 17.8. The molecule has 4 aromatic carbocycles. The molecule has 8 heteroatoms. The van der Waals surface area contributed by atoms with E-state index >= 15 is 0 Å². The Bertz CT molecular complexity index is 1660. The average molecular weight is 575 g/mol. The smallest absolute Gasteiger partial charge is 0.258 e. The molecule has 0 aliphatic carbocycles. The highest BCUT2D eigenvalue weighted by molar-refractivity contribution is 9.10. The summed E-state index contributed by atoms with van der Waals surface area (Å²) in [4.78, 5) is 17.8. The van der Waals surface area contributed by atoms with Gasteiger partial charge >= 0.3 is 0 Å². The molecular formula is C29H24BrN3O3S. The van der Waals surface area contributed by atoms with Gasteiger partial charge in [0.25, 0.3) is 5.91 Å². The molecule has 0 bridgehead atoms. The van der Waals surface area contributed by atoms with Crippen molar-refractivity contribution in [3.05, 3.63) is 88.4 Å². The first-order valence-corrected chi connectivity index (χ1v) is 12.9. The first-order valence-electron chi connectivity index (χ1n) is 11.7. The number of fused-ring (bicyclic) bond motifs is 2. The van der Waals surface area contributed by atoms with Crippen molar-refractivity contribution in [2.24, 2.45) is 0 Å². The van der Waals surface area contributed by atoms with E-state index in [1.165, 1.54) is 5.56 Å². The molecule has 0 aliphatic heterocycles. The summed E-state index contributed by atoms with van der Waals surface area (Å²) in [7, 11) is 1.57. The quantitative estimate of drug-likeness (QED) is 0.210. The highest BCUT2D eigenvalue weighted by Gasteiger charge is 2.16. The van der Waals surface area contributed by atoms with Gasteiger partial charge in [-0.25, -0.2) is 4.98 Å². The number of hydrogen-bond acceptors (Lipinski definition) is 5. The minimum absolute atomic E-state index is 0.145. The largest absolute Gasteiger partial charge is 0.495 e. The molecule has 5 rings (SSSR count). The molecule has 6 nitrogen and oxygen atoms in total. The molecule has 1 aromatic heterocycles. The van der Waals surface area contributed by atoms with Crippen LogP contribution in [0.2, 0.25) is 0 Å². The number of rotatable bonds is 5. The molecule has 0 fully saturated rings. The van der Waals surface area contributed by atoms with Gasteiger partial charge in [0.05, 0.1) is 12.8 Å². The molecule has 5 aromatic rings. The van der Waals surface area contributed by atoms with E-state index in [4.69, 9.17) is 21.4 Å². The normalized spacial score (nSPS) is 11.2.